The average molecular weight is 515 g/mol. The van der Waals surface area contributed by atoms with Crippen molar-refractivity contribution in [2.75, 3.05) is 0 Å². The van der Waals surface area contributed by atoms with Crippen molar-refractivity contribution in [3.63, 3.8) is 0 Å². The second-order valence-corrected chi connectivity index (χ2v) is 11.7. The summed E-state index contributed by atoms with van der Waals surface area (Å²) >= 11 is 5.32. The number of rotatable bonds is 6. The molecule has 1 aliphatic rings. The number of fused-ring (bicyclic) bond motifs is 8. The summed E-state index contributed by atoms with van der Waals surface area (Å²) in [5, 5.41) is 21.7. The summed E-state index contributed by atoms with van der Waals surface area (Å²) in [5.41, 5.74) is 4.90. The van der Waals surface area contributed by atoms with Gasteiger partial charge in [-0.1, -0.05) is 84.2 Å². The van der Waals surface area contributed by atoms with Crippen molar-refractivity contribution in [3.05, 3.63) is 82.2 Å². The smallest absolute Gasteiger partial charge is 0.245 e. The second kappa shape index (κ2) is 8.96. The molecule has 0 unspecified atom stereocenters. The molecule has 4 heterocycles. The molecule has 0 saturated carbocycles. The van der Waals surface area contributed by atoms with E-state index in [9.17, 15) is 0 Å². The third kappa shape index (κ3) is 3.73. The molecule has 9 heteroatoms. The Morgan fingerprint density at radius 1 is 0.714 bits per heavy atom. The van der Waals surface area contributed by atoms with E-state index >= 15 is 0 Å². The van der Waals surface area contributed by atoms with E-state index in [2.05, 4.69) is 78.7 Å². The molecule has 0 N–H and O–H groups in total. The first-order chi connectivity index (χ1) is 17.4. The van der Waals surface area contributed by atoms with Crippen LogP contribution in [0.4, 0.5) is 0 Å². The highest BCUT2D eigenvalue weighted by atomic mass is 32.2. The molecule has 6 aromatic rings. The third-order valence-corrected chi connectivity index (χ3v) is 9.73. The van der Waals surface area contributed by atoms with E-state index in [0.717, 1.165) is 46.1 Å². The lowest BCUT2D eigenvalue weighted by Gasteiger charge is -2.10. The van der Waals surface area contributed by atoms with Crippen LogP contribution in [0.3, 0.4) is 0 Å². The van der Waals surface area contributed by atoms with Crippen LogP contribution >= 0.6 is 34.9 Å². The quantitative estimate of drug-likeness (QED) is 0.238. The van der Waals surface area contributed by atoms with Gasteiger partial charge in [-0.25, -0.2) is 8.80 Å². The lowest BCUT2D eigenvalue weighted by molar-refractivity contribution is 0.700. The average Bonchev–Trinajstić information content (AvgIpc) is 3.62. The van der Waals surface area contributed by atoms with Crippen LogP contribution in [-0.2, 0) is 24.3 Å². The Morgan fingerprint density at radius 2 is 1.34 bits per heavy atom. The molecule has 0 radical (unpaired) electrons. The van der Waals surface area contributed by atoms with Gasteiger partial charge in [-0.2, -0.15) is 0 Å². The van der Waals surface area contributed by atoms with Crippen LogP contribution in [-0.4, -0.2) is 29.2 Å². The van der Waals surface area contributed by atoms with Crippen molar-refractivity contribution < 1.29 is 0 Å². The fraction of sp³-hybridized carbons (Fsp3) is 0.231. The fourth-order valence-electron chi connectivity index (χ4n) is 4.77. The van der Waals surface area contributed by atoms with Crippen LogP contribution < -0.4 is 0 Å². The molecular formula is C26H22N6S3. The molecule has 0 fully saturated rings. The van der Waals surface area contributed by atoms with E-state index in [4.69, 9.17) is 5.10 Å². The lowest BCUT2D eigenvalue weighted by atomic mass is 9.97. The lowest BCUT2D eigenvalue weighted by Crippen LogP contribution is -2.01. The standard InChI is InChI=1S/C26H22N6S3/c1-3-9-17(10-4-1)15-33-25-29-27-22-21-19-13-7-8-14-20(19)35-23(21)32-24(31(22)25)28-30-26(32)34-16-18-11-5-2-6-12-18/h1-6,9-12H,7-8,13-16H2. The molecule has 0 atom stereocenters. The first kappa shape index (κ1) is 21.4. The molecule has 0 bridgehead atoms. The second-order valence-electron chi connectivity index (χ2n) is 8.70. The van der Waals surface area contributed by atoms with Crippen molar-refractivity contribution in [3.8, 4) is 0 Å². The van der Waals surface area contributed by atoms with E-state index < -0.39 is 0 Å². The maximum Gasteiger partial charge on any atom is 0.245 e. The highest BCUT2D eigenvalue weighted by Crippen LogP contribution is 2.41. The van der Waals surface area contributed by atoms with Gasteiger partial charge in [-0.05, 0) is 42.4 Å². The van der Waals surface area contributed by atoms with Gasteiger partial charge in [0, 0.05) is 16.4 Å². The number of thiophene rings is 1. The molecule has 174 valence electrons. The molecule has 6 nitrogen and oxygen atoms in total. The van der Waals surface area contributed by atoms with Crippen molar-refractivity contribution in [2.24, 2.45) is 0 Å². The summed E-state index contributed by atoms with van der Waals surface area (Å²) in [7, 11) is 0. The van der Waals surface area contributed by atoms with E-state index in [-0.39, 0.29) is 0 Å². The summed E-state index contributed by atoms with van der Waals surface area (Å²) in [5.74, 6) is 2.48. The van der Waals surface area contributed by atoms with E-state index in [1.54, 1.807) is 23.5 Å². The van der Waals surface area contributed by atoms with E-state index in [1.807, 2.05) is 17.4 Å². The Labute approximate surface area is 214 Å². The van der Waals surface area contributed by atoms with Crippen LogP contribution in [0, 0.1) is 0 Å². The minimum Gasteiger partial charge on any atom is -0.245 e. The summed E-state index contributed by atoms with van der Waals surface area (Å²) in [6.45, 7) is 0. The van der Waals surface area contributed by atoms with Crippen LogP contribution in [0.2, 0.25) is 0 Å². The molecule has 1 aliphatic carbocycles. The zero-order valence-corrected chi connectivity index (χ0v) is 21.4. The van der Waals surface area contributed by atoms with E-state index in [1.165, 1.54) is 44.6 Å². The van der Waals surface area contributed by atoms with Crippen molar-refractivity contribution in [1.29, 1.82) is 0 Å². The summed E-state index contributed by atoms with van der Waals surface area (Å²) in [6.07, 6.45) is 4.72. The maximum atomic E-state index is 4.70. The van der Waals surface area contributed by atoms with Crippen LogP contribution in [0.1, 0.15) is 34.4 Å². The minimum absolute atomic E-state index is 0.794. The largest absolute Gasteiger partial charge is 0.245 e. The number of aryl methyl sites for hydroxylation is 2. The molecule has 0 amide bonds. The number of nitrogens with zero attached hydrogens (tertiary/aromatic N) is 6. The summed E-state index contributed by atoms with van der Waals surface area (Å²) in [6, 6.07) is 21.0. The Kier molecular flexibility index (Phi) is 5.48. The molecule has 0 saturated heterocycles. The van der Waals surface area contributed by atoms with Gasteiger partial charge in [0.05, 0.1) is 5.39 Å². The molecule has 2 aromatic carbocycles. The number of hydrogen-bond donors (Lipinski definition) is 0. The first-order valence-corrected chi connectivity index (χ1v) is 14.6. The van der Waals surface area contributed by atoms with Gasteiger partial charge < -0.3 is 0 Å². The Morgan fingerprint density at radius 3 is 2.06 bits per heavy atom. The van der Waals surface area contributed by atoms with Gasteiger partial charge in [-0.3, -0.25) is 0 Å². The number of hydrogen-bond acceptors (Lipinski definition) is 7. The predicted molar refractivity (Wildman–Crippen MR) is 144 cm³/mol. The zero-order valence-electron chi connectivity index (χ0n) is 18.9. The first-order valence-electron chi connectivity index (χ1n) is 11.8. The van der Waals surface area contributed by atoms with Crippen molar-refractivity contribution >= 4 is 56.5 Å². The summed E-state index contributed by atoms with van der Waals surface area (Å²) in [4.78, 5) is 2.68. The Bertz CT molecular complexity index is 1650. The molecule has 7 rings (SSSR count). The number of aromatic nitrogens is 6. The van der Waals surface area contributed by atoms with Crippen LogP contribution in [0.5, 0.6) is 0 Å². The normalized spacial score (nSPS) is 13.7. The van der Waals surface area contributed by atoms with Gasteiger partial charge in [0.25, 0.3) is 0 Å². The maximum absolute atomic E-state index is 4.70. The van der Waals surface area contributed by atoms with Gasteiger partial charge >= 0.3 is 0 Å². The monoisotopic (exact) mass is 514 g/mol. The Balaban J connectivity index is 1.40. The molecule has 0 aliphatic heterocycles. The Hall–Kier alpha value is -2.88. The summed E-state index contributed by atoms with van der Waals surface area (Å²) < 4.78 is 4.37. The highest BCUT2D eigenvalue weighted by molar-refractivity contribution is 7.98. The van der Waals surface area contributed by atoms with Crippen LogP contribution in [0.15, 0.2) is 71.0 Å². The van der Waals surface area contributed by atoms with E-state index in [0.29, 0.717) is 0 Å². The molecular weight excluding hydrogens is 493 g/mol. The van der Waals surface area contributed by atoms with Gasteiger partial charge in [0.1, 0.15) is 4.83 Å². The van der Waals surface area contributed by atoms with Crippen LogP contribution in [0.25, 0.3) is 21.6 Å². The molecule has 4 aromatic heterocycles. The highest BCUT2D eigenvalue weighted by Gasteiger charge is 2.26. The molecule has 0 spiro atoms. The van der Waals surface area contributed by atoms with Gasteiger partial charge in [0.2, 0.25) is 5.78 Å². The SMILES string of the molecule is c1ccc(CSc2nnc3c4c5c(sc4n4c(SCc6ccccc6)nnc4n23)CCCC5)cc1. The van der Waals surface area contributed by atoms with Gasteiger partial charge in [0.15, 0.2) is 16.0 Å². The minimum atomic E-state index is 0.794. The molecule has 35 heavy (non-hydrogen) atoms. The van der Waals surface area contributed by atoms with Crippen molar-refractivity contribution in [1.82, 2.24) is 29.2 Å². The van der Waals surface area contributed by atoms with Gasteiger partial charge in [-0.15, -0.1) is 31.7 Å². The van der Waals surface area contributed by atoms with Crippen molar-refractivity contribution in [2.45, 2.75) is 47.5 Å². The topological polar surface area (TPSA) is 60.4 Å². The fourth-order valence-corrected chi connectivity index (χ4v) is 7.98. The number of benzene rings is 2. The predicted octanol–water partition coefficient (Wildman–Crippen LogP) is 6.45. The third-order valence-electron chi connectivity index (χ3n) is 6.45. The number of thioether (sulfide) groups is 2. The zero-order chi connectivity index (χ0) is 23.2.